The molecular formula is C17H21NO3. The molecule has 0 aliphatic rings. The molecule has 0 radical (unpaired) electrons. The van der Waals surface area contributed by atoms with E-state index in [1.165, 1.54) is 13.2 Å². The van der Waals surface area contributed by atoms with E-state index in [-0.39, 0.29) is 0 Å². The molecule has 4 heteroatoms. The fraction of sp³-hybridized carbons (Fsp3) is 0.235. The summed E-state index contributed by atoms with van der Waals surface area (Å²) in [4.78, 5) is 13.2. The Hall–Kier alpha value is -2.49. The lowest BCUT2D eigenvalue weighted by atomic mass is 10.1. The average molecular weight is 287 g/mol. The summed E-state index contributed by atoms with van der Waals surface area (Å²) in [7, 11) is 4.93. The van der Waals surface area contributed by atoms with Gasteiger partial charge in [0, 0.05) is 24.5 Å². The molecule has 0 aromatic heterocycles. The van der Waals surface area contributed by atoms with Crippen LogP contribution in [0.4, 0.5) is 5.69 Å². The van der Waals surface area contributed by atoms with Gasteiger partial charge in [-0.1, -0.05) is 12.7 Å². The standard InChI is InChI=1S/C17H21NO3/c1-6-14(7-12-17(19)21-5)13(2)18(3)15-8-10-16(20-4)11-9-15/h6-12H,1H2,2-5H3/b12-7+,14-13+. The van der Waals surface area contributed by atoms with Gasteiger partial charge < -0.3 is 14.4 Å². The van der Waals surface area contributed by atoms with E-state index < -0.39 is 5.97 Å². The van der Waals surface area contributed by atoms with Crippen LogP contribution >= 0.6 is 0 Å². The van der Waals surface area contributed by atoms with Crippen molar-refractivity contribution >= 4 is 11.7 Å². The molecular weight excluding hydrogens is 266 g/mol. The molecule has 1 rings (SSSR count). The number of rotatable bonds is 6. The Bertz CT molecular complexity index is 556. The fourth-order valence-electron chi connectivity index (χ4n) is 1.76. The predicted molar refractivity (Wildman–Crippen MR) is 85.5 cm³/mol. The molecule has 0 saturated carbocycles. The van der Waals surface area contributed by atoms with E-state index >= 15 is 0 Å². The molecule has 112 valence electrons. The number of nitrogens with zero attached hydrogens (tertiary/aromatic N) is 1. The van der Waals surface area contributed by atoms with Crippen LogP contribution in [-0.4, -0.2) is 27.2 Å². The Labute approximate surface area is 126 Å². The lowest BCUT2D eigenvalue weighted by Gasteiger charge is -2.22. The van der Waals surface area contributed by atoms with Crippen molar-refractivity contribution < 1.29 is 14.3 Å². The molecule has 0 atom stereocenters. The third-order valence-corrected chi connectivity index (χ3v) is 3.20. The van der Waals surface area contributed by atoms with Gasteiger partial charge >= 0.3 is 5.97 Å². The summed E-state index contributed by atoms with van der Waals surface area (Å²) in [6.07, 6.45) is 4.77. The van der Waals surface area contributed by atoms with E-state index in [9.17, 15) is 4.79 Å². The van der Waals surface area contributed by atoms with Gasteiger partial charge in [0.1, 0.15) is 5.75 Å². The minimum absolute atomic E-state index is 0.394. The Morgan fingerprint density at radius 1 is 1.19 bits per heavy atom. The first-order valence-corrected chi connectivity index (χ1v) is 6.50. The summed E-state index contributed by atoms with van der Waals surface area (Å²) < 4.78 is 9.73. The molecule has 0 bridgehead atoms. The summed E-state index contributed by atoms with van der Waals surface area (Å²) in [5, 5.41) is 0. The van der Waals surface area contributed by atoms with Crippen molar-refractivity contribution in [2.24, 2.45) is 0 Å². The van der Waals surface area contributed by atoms with Crippen LogP contribution in [0.2, 0.25) is 0 Å². The van der Waals surface area contributed by atoms with Crippen LogP contribution in [0.15, 0.2) is 60.3 Å². The molecule has 1 aromatic carbocycles. The fourth-order valence-corrected chi connectivity index (χ4v) is 1.76. The molecule has 0 amide bonds. The zero-order valence-electron chi connectivity index (χ0n) is 12.9. The second-order valence-electron chi connectivity index (χ2n) is 4.36. The molecule has 0 spiro atoms. The number of benzene rings is 1. The van der Waals surface area contributed by atoms with Crippen LogP contribution in [-0.2, 0) is 9.53 Å². The largest absolute Gasteiger partial charge is 0.497 e. The van der Waals surface area contributed by atoms with E-state index in [4.69, 9.17) is 4.74 Å². The van der Waals surface area contributed by atoms with Gasteiger partial charge in [-0.3, -0.25) is 0 Å². The first kappa shape index (κ1) is 16.6. The molecule has 0 fully saturated rings. The summed E-state index contributed by atoms with van der Waals surface area (Å²) in [6.45, 7) is 5.74. The van der Waals surface area contributed by atoms with Crippen LogP contribution in [0.5, 0.6) is 5.75 Å². The van der Waals surface area contributed by atoms with Gasteiger partial charge in [-0.15, -0.1) is 0 Å². The van der Waals surface area contributed by atoms with Crippen molar-refractivity contribution in [3.05, 3.63) is 60.3 Å². The maximum Gasteiger partial charge on any atom is 0.330 e. The van der Waals surface area contributed by atoms with Gasteiger partial charge in [0.2, 0.25) is 0 Å². The molecule has 0 N–H and O–H groups in total. The number of hydrogen-bond acceptors (Lipinski definition) is 4. The van der Waals surface area contributed by atoms with Crippen molar-refractivity contribution in [2.75, 3.05) is 26.2 Å². The first-order valence-electron chi connectivity index (χ1n) is 6.50. The minimum atomic E-state index is -0.394. The highest BCUT2D eigenvalue weighted by Gasteiger charge is 2.06. The van der Waals surface area contributed by atoms with Gasteiger partial charge in [0.15, 0.2) is 0 Å². The van der Waals surface area contributed by atoms with E-state index in [0.29, 0.717) is 0 Å². The van der Waals surface area contributed by atoms with Crippen LogP contribution in [0, 0.1) is 0 Å². The summed E-state index contributed by atoms with van der Waals surface area (Å²) >= 11 is 0. The SMILES string of the molecule is C=CC(/C=C/C(=O)OC)=C(/C)N(C)c1ccc(OC)cc1. The molecule has 0 aliphatic carbocycles. The van der Waals surface area contributed by atoms with Crippen molar-refractivity contribution in [3.8, 4) is 5.75 Å². The quantitative estimate of drug-likeness (QED) is 0.457. The van der Waals surface area contributed by atoms with Crippen molar-refractivity contribution in [1.82, 2.24) is 0 Å². The number of carbonyl (C=O) groups is 1. The van der Waals surface area contributed by atoms with Crippen molar-refractivity contribution in [3.63, 3.8) is 0 Å². The van der Waals surface area contributed by atoms with Crippen molar-refractivity contribution in [2.45, 2.75) is 6.92 Å². The highest BCUT2D eigenvalue weighted by atomic mass is 16.5. The topological polar surface area (TPSA) is 38.8 Å². The third kappa shape index (κ3) is 4.53. The smallest absolute Gasteiger partial charge is 0.330 e. The van der Waals surface area contributed by atoms with Gasteiger partial charge in [-0.2, -0.15) is 0 Å². The van der Waals surface area contributed by atoms with Crippen LogP contribution in [0.3, 0.4) is 0 Å². The van der Waals surface area contributed by atoms with E-state index in [1.54, 1.807) is 19.3 Å². The molecule has 0 heterocycles. The van der Waals surface area contributed by atoms with Gasteiger partial charge in [-0.25, -0.2) is 4.79 Å². The zero-order valence-corrected chi connectivity index (χ0v) is 12.9. The third-order valence-electron chi connectivity index (χ3n) is 3.20. The monoisotopic (exact) mass is 287 g/mol. The van der Waals surface area contributed by atoms with Gasteiger partial charge in [0.25, 0.3) is 0 Å². The molecule has 0 saturated heterocycles. The second-order valence-corrected chi connectivity index (χ2v) is 4.36. The lowest BCUT2D eigenvalue weighted by molar-refractivity contribution is -0.134. The molecule has 4 nitrogen and oxygen atoms in total. The first-order chi connectivity index (χ1) is 10.0. The summed E-state index contributed by atoms with van der Waals surface area (Å²) in [5.74, 6) is 0.414. The number of methoxy groups -OCH3 is 2. The number of esters is 1. The zero-order chi connectivity index (χ0) is 15.8. The Morgan fingerprint density at radius 3 is 2.29 bits per heavy atom. The molecule has 0 unspecified atom stereocenters. The normalized spacial score (nSPS) is 11.8. The lowest BCUT2D eigenvalue weighted by Crippen LogP contribution is -2.15. The van der Waals surface area contributed by atoms with Crippen molar-refractivity contribution in [1.29, 1.82) is 0 Å². The minimum Gasteiger partial charge on any atom is -0.497 e. The Balaban J connectivity index is 3.02. The molecule has 1 aromatic rings. The van der Waals surface area contributed by atoms with Crippen LogP contribution in [0.25, 0.3) is 0 Å². The maximum absolute atomic E-state index is 11.2. The van der Waals surface area contributed by atoms with E-state index in [1.807, 2.05) is 43.1 Å². The van der Waals surface area contributed by atoms with E-state index in [2.05, 4.69) is 11.3 Å². The van der Waals surface area contributed by atoms with Crippen LogP contribution in [0.1, 0.15) is 6.92 Å². The van der Waals surface area contributed by atoms with Gasteiger partial charge in [-0.05, 0) is 42.8 Å². The highest BCUT2D eigenvalue weighted by molar-refractivity contribution is 5.82. The Morgan fingerprint density at radius 2 is 1.81 bits per heavy atom. The number of allylic oxidation sites excluding steroid dienone is 4. The number of anilines is 1. The predicted octanol–water partition coefficient (Wildman–Crippen LogP) is 3.32. The molecule has 0 aliphatic heterocycles. The summed E-state index contributed by atoms with van der Waals surface area (Å²) in [5.41, 5.74) is 2.83. The van der Waals surface area contributed by atoms with E-state index in [0.717, 1.165) is 22.7 Å². The van der Waals surface area contributed by atoms with Crippen LogP contribution < -0.4 is 9.64 Å². The van der Waals surface area contributed by atoms with Gasteiger partial charge in [0.05, 0.1) is 14.2 Å². The Kier molecular flexibility index (Phi) is 6.27. The molecule has 21 heavy (non-hydrogen) atoms. The second kappa shape index (κ2) is 7.94. The summed E-state index contributed by atoms with van der Waals surface area (Å²) in [6, 6.07) is 7.73. The average Bonchev–Trinajstić information content (AvgIpc) is 2.54. The number of ether oxygens (including phenoxy) is 2. The number of hydrogen-bond donors (Lipinski definition) is 0. The number of carbonyl (C=O) groups excluding carboxylic acids is 1. The highest BCUT2D eigenvalue weighted by Crippen LogP contribution is 2.23. The maximum atomic E-state index is 11.2.